The highest BCUT2D eigenvalue weighted by Crippen LogP contribution is 2.36. The van der Waals surface area contributed by atoms with Gasteiger partial charge in [0.25, 0.3) is 0 Å². The summed E-state index contributed by atoms with van der Waals surface area (Å²) in [5.74, 6) is -1.16. The molecule has 0 saturated carbocycles. The minimum atomic E-state index is -1.46. The molecule has 0 bridgehead atoms. The SMILES string of the molecule is CCOC(=O)[C@@H](O)[C@H]1Sc2ccccc2NC1=O. The Bertz CT molecular complexity index is 477. The number of para-hydroxylation sites is 1. The molecule has 1 heterocycles. The Balaban J connectivity index is 2.17. The van der Waals surface area contributed by atoms with E-state index in [4.69, 9.17) is 4.74 Å². The third-order valence-electron chi connectivity index (χ3n) is 2.47. The zero-order valence-corrected chi connectivity index (χ0v) is 10.6. The number of fused-ring (bicyclic) bond motifs is 1. The monoisotopic (exact) mass is 267 g/mol. The predicted octanol–water partition coefficient (Wildman–Crippen LogP) is 1.02. The Kier molecular flexibility index (Phi) is 3.88. The molecule has 0 unspecified atom stereocenters. The third-order valence-corrected chi connectivity index (χ3v) is 3.81. The van der Waals surface area contributed by atoms with Crippen LogP contribution in [0.25, 0.3) is 0 Å². The van der Waals surface area contributed by atoms with Gasteiger partial charge in [-0.1, -0.05) is 12.1 Å². The summed E-state index contributed by atoms with van der Waals surface area (Å²) >= 11 is 1.16. The van der Waals surface area contributed by atoms with Gasteiger partial charge < -0.3 is 15.2 Å². The standard InChI is InChI=1S/C12H13NO4S/c1-2-17-12(16)9(14)10-11(15)13-7-5-3-4-6-8(7)18-10/h3-6,9-10,14H,2H2,1H3,(H,13,15)/t9-,10+/m0/s1. The van der Waals surface area contributed by atoms with Crippen LogP contribution in [-0.2, 0) is 14.3 Å². The van der Waals surface area contributed by atoms with E-state index in [0.717, 1.165) is 16.7 Å². The fourth-order valence-electron chi connectivity index (χ4n) is 1.63. The quantitative estimate of drug-likeness (QED) is 0.800. The minimum Gasteiger partial charge on any atom is -0.464 e. The fourth-order valence-corrected chi connectivity index (χ4v) is 2.71. The number of carbonyl (C=O) groups excluding carboxylic acids is 2. The number of benzene rings is 1. The molecule has 0 fully saturated rings. The maximum Gasteiger partial charge on any atom is 0.336 e. The van der Waals surface area contributed by atoms with Gasteiger partial charge in [0.05, 0.1) is 12.3 Å². The molecule has 0 radical (unpaired) electrons. The van der Waals surface area contributed by atoms with E-state index >= 15 is 0 Å². The number of hydrogen-bond donors (Lipinski definition) is 2. The number of anilines is 1. The third kappa shape index (κ3) is 2.49. The Hall–Kier alpha value is -1.53. The van der Waals surface area contributed by atoms with Crippen molar-refractivity contribution in [3.63, 3.8) is 0 Å². The first-order valence-corrected chi connectivity index (χ1v) is 6.42. The molecule has 5 nitrogen and oxygen atoms in total. The molecule has 2 rings (SSSR count). The summed E-state index contributed by atoms with van der Waals surface area (Å²) in [6, 6.07) is 7.23. The second kappa shape index (κ2) is 5.41. The van der Waals surface area contributed by atoms with Gasteiger partial charge in [-0.2, -0.15) is 0 Å². The van der Waals surface area contributed by atoms with Crippen molar-refractivity contribution in [1.82, 2.24) is 0 Å². The lowest BCUT2D eigenvalue weighted by molar-refractivity contribution is -0.154. The van der Waals surface area contributed by atoms with Crippen LogP contribution in [0.15, 0.2) is 29.2 Å². The van der Waals surface area contributed by atoms with Gasteiger partial charge in [-0.15, -0.1) is 11.8 Å². The predicted molar refractivity (Wildman–Crippen MR) is 67.4 cm³/mol. The lowest BCUT2D eigenvalue weighted by atomic mass is 10.2. The summed E-state index contributed by atoms with van der Waals surface area (Å²) in [5.41, 5.74) is 0.694. The second-order valence-corrected chi connectivity index (χ2v) is 4.90. The fraction of sp³-hybridized carbons (Fsp3) is 0.333. The first-order chi connectivity index (χ1) is 8.63. The molecular weight excluding hydrogens is 254 g/mol. The van der Waals surface area contributed by atoms with Gasteiger partial charge in [0.2, 0.25) is 5.91 Å². The van der Waals surface area contributed by atoms with Crippen molar-refractivity contribution in [2.45, 2.75) is 23.2 Å². The van der Waals surface area contributed by atoms with Gasteiger partial charge in [-0.3, -0.25) is 4.79 Å². The number of amides is 1. The molecule has 1 aliphatic rings. The van der Waals surface area contributed by atoms with Gasteiger partial charge in [0.15, 0.2) is 6.10 Å². The van der Waals surface area contributed by atoms with Crippen LogP contribution >= 0.6 is 11.8 Å². The maximum absolute atomic E-state index is 11.8. The number of aliphatic hydroxyl groups excluding tert-OH is 1. The first kappa shape index (κ1) is 12.9. The molecule has 0 spiro atoms. The first-order valence-electron chi connectivity index (χ1n) is 5.54. The highest BCUT2D eigenvalue weighted by molar-refractivity contribution is 8.01. The van der Waals surface area contributed by atoms with Crippen molar-refractivity contribution in [2.24, 2.45) is 0 Å². The Morgan fingerprint density at radius 3 is 3.00 bits per heavy atom. The van der Waals surface area contributed by atoms with E-state index in [0.29, 0.717) is 5.69 Å². The number of thioether (sulfide) groups is 1. The molecule has 2 N–H and O–H groups in total. The summed E-state index contributed by atoms with van der Waals surface area (Å²) in [4.78, 5) is 24.1. The van der Waals surface area contributed by atoms with Gasteiger partial charge >= 0.3 is 5.97 Å². The molecule has 1 amide bonds. The van der Waals surface area contributed by atoms with Crippen LogP contribution in [0.5, 0.6) is 0 Å². The molecular formula is C12H13NO4S. The lowest BCUT2D eigenvalue weighted by Gasteiger charge is -2.26. The highest BCUT2D eigenvalue weighted by atomic mass is 32.2. The van der Waals surface area contributed by atoms with Crippen molar-refractivity contribution in [1.29, 1.82) is 0 Å². The Morgan fingerprint density at radius 1 is 1.56 bits per heavy atom. The summed E-state index contributed by atoms with van der Waals surface area (Å²) in [6.45, 7) is 1.82. The molecule has 6 heteroatoms. The normalized spacial score (nSPS) is 19.7. The lowest BCUT2D eigenvalue weighted by Crippen LogP contribution is -2.43. The number of aliphatic hydroxyl groups is 1. The number of hydrogen-bond acceptors (Lipinski definition) is 5. The molecule has 2 atom stereocenters. The van der Waals surface area contributed by atoms with E-state index < -0.39 is 17.3 Å². The van der Waals surface area contributed by atoms with Crippen molar-refractivity contribution in [2.75, 3.05) is 11.9 Å². The van der Waals surface area contributed by atoms with Crippen LogP contribution in [0.4, 0.5) is 5.69 Å². The van der Waals surface area contributed by atoms with E-state index in [1.54, 1.807) is 13.0 Å². The largest absolute Gasteiger partial charge is 0.464 e. The van der Waals surface area contributed by atoms with Gasteiger partial charge in [-0.05, 0) is 19.1 Å². The van der Waals surface area contributed by atoms with Crippen LogP contribution in [0.1, 0.15) is 6.92 Å². The maximum atomic E-state index is 11.8. The Morgan fingerprint density at radius 2 is 2.28 bits per heavy atom. The second-order valence-electron chi connectivity index (χ2n) is 3.72. The van der Waals surface area contributed by atoms with Crippen LogP contribution in [0, 0.1) is 0 Å². The molecule has 0 saturated heterocycles. The zero-order valence-electron chi connectivity index (χ0n) is 9.75. The van der Waals surface area contributed by atoms with Crippen molar-refractivity contribution in [3.05, 3.63) is 24.3 Å². The molecule has 18 heavy (non-hydrogen) atoms. The van der Waals surface area contributed by atoms with Crippen LogP contribution in [0.3, 0.4) is 0 Å². The summed E-state index contributed by atoms with van der Waals surface area (Å²) in [6.07, 6.45) is -1.46. The van der Waals surface area contributed by atoms with Crippen molar-refractivity contribution in [3.8, 4) is 0 Å². The van der Waals surface area contributed by atoms with Crippen LogP contribution < -0.4 is 5.32 Å². The van der Waals surface area contributed by atoms with Crippen molar-refractivity contribution < 1.29 is 19.4 Å². The molecule has 96 valence electrons. The molecule has 0 aliphatic carbocycles. The zero-order chi connectivity index (χ0) is 13.1. The summed E-state index contributed by atoms with van der Waals surface area (Å²) in [5, 5.41) is 11.6. The smallest absolute Gasteiger partial charge is 0.336 e. The number of ether oxygens (including phenoxy) is 1. The van der Waals surface area contributed by atoms with Crippen LogP contribution in [-0.4, -0.2) is 34.9 Å². The number of esters is 1. The van der Waals surface area contributed by atoms with E-state index in [2.05, 4.69) is 5.32 Å². The number of nitrogens with one attached hydrogen (secondary N) is 1. The average molecular weight is 267 g/mol. The average Bonchev–Trinajstić information content (AvgIpc) is 2.37. The number of carbonyl (C=O) groups is 2. The topological polar surface area (TPSA) is 75.6 Å². The van der Waals surface area contributed by atoms with Crippen LogP contribution in [0.2, 0.25) is 0 Å². The van der Waals surface area contributed by atoms with E-state index in [1.165, 1.54) is 0 Å². The van der Waals surface area contributed by atoms with E-state index in [-0.39, 0.29) is 12.5 Å². The highest BCUT2D eigenvalue weighted by Gasteiger charge is 2.37. The Labute approximate surface area is 109 Å². The molecule has 1 aromatic carbocycles. The minimum absolute atomic E-state index is 0.172. The molecule has 1 aromatic rings. The van der Waals surface area contributed by atoms with Gasteiger partial charge in [-0.25, -0.2) is 4.79 Å². The molecule has 0 aromatic heterocycles. The van der Waals surface area contributed by atoms with E-state index in [1.807, 2.05) is 18.2 Å². The van der Waals surface area contributed by atoms with Crippen molar-refractivity contribution >= 4 is 29.3 Å². The summed E-state index contributed by atoms with van der Waals surface area (Å²) < 4.78 is 4.71. The van der Waals surface area contributed by atoms with Gasteiger partial charge in [0.1, 0.15) is 5.25 Å². The summed E-state index contributed by atoms with van der Waals surface area (Å²) in [7, 11) is 0. The number of rotatable bonds is 3. The van der Waals surface area contributed by atoms with Gasteiger partial charge in [0, 0.05) is 4.90 Å². The van der Waals surface area contributed by atoms with E-state index in [9.17, 15) is 14.7 Å². The molecule has 1 aliphatic heterocycles.